The van der Waals surface area contributed by atoms with Crippen LogP contribution < -0.4 is 5.73 Å². The number of hydrogen-bond donors (Lipinski definition) is 2. The maximum absolute atomic E-state index is 11.2. The average Bonchev–Trinajstić information content (AvgIpc) is 2.78. The minimum Gasteiger partial charge on any atom is -0.396 e. The summed E-state index contributed by atoms with van der Waals surface area (Å²) < 4.78 is 0. The molecule has 0 spiro atoms. The molecule has 1 aromatic carbocycles. The predicted octanol–water partition coefficient (Wildman–Crippen LogP) is 0.844. The highest BCUT2D eigenvalue weighted by atomic mass is 16.3. The fourth-order valence-electron chi connectivity index (χ4n) is 2.73. The van der Waals surface area contributed by atoms with Crippen LogP contribution in [0.1, 0.15) is 30.0 Å². The molecular formula is C14H20N2O2. The van der Waals surface area contributed by atoms with Gasteiger partial charge in [-0.25, -0.2) is 0 Å². The first-order valence-corrected chi connectivity index (χ1v) is 6.43. The van der Waals surface area contributed by atoms with Crippen LogP contribution in [0.3, 0.4) is 0 Å². The van der Waals surface area contributed by atoms with Gasteiger partial charge in [0.2, 0.25) is 5.91 Å². The highest BCUT2D eigenvalue weighted by molar-refractivity contribution is 5.76. The van der Waals surface area contributed by atoms with E-state index in [9.17, 15) is 4.79 Å². The van der Waals surface area contributed by atoms with Gasteiger partial charge in [0.05, 0.1) is 6.54 Å². The van der Waals surface area contributed by atoms with Gasteiger partial charge in [0.1, 0.15) is 0 Å². The summed E-state index contributed by atoms with van der Waals surface area (Å²) in [4.78, 5) is 13.2. The van der Waals surface area contributed by atoms with E-state index in [4.69, 9.17) is 10.8 Å². The van der Waals surface area contributed by atoms with E-state index in [1.165, 1.54) is 11.1 Å². The lowest BCUT2D eigenvalue weighted by Gasteiger charge is -2.28. The van der Waals surface area contributed by atoms with Gasteiger partial charge in [-0.3, -0.25) is 9.69 Å². The molecule has 1 atom stereocenters. The number of aliphatic hydroxyl groups is 1. The van der Waals surface area contributed by atoms with Crippen molar-refractivity contribution >= 4 is 5.91 Å². The molecule has 98 valence electrons. The zero-order valence-corrected chi connectivity index (χ0v) is 10.5. The third-order valence-corrected chi connectivity index (χ3v) is 3.50. The number of nitrogens with two attached hydrogens (primary N) is 1. The number of aryl methyl sites for hydroxylation is 1. The molecule has 2 rings (SSSR count). The van der Waals surface area contributed by atoms with Crippen molar-refractivity contribution in [2.45, 2.75) is 25.3 Å². The second-order valence-corrected chi connectivity index (χ2v) is 4.77. The second kappa shape index (κ2) is 5.98. The van der Waals surface area contributed by atoms with Crippen LogP contribution in [0.15, 0.2) is 24.3 Å². The third-order valence-electron chi connectivity index (χ3n) is 3.50. The number of rotatable bonds is 6. The Kier molecular flexibility index (Phi) is 4.33. The lowest BCUT2D eigenvalue weighted by atomic mass is 10.1. The van der Waals surface area contributed by atoms with E-state index in [1.807, 2.05) is 12.1 Å². The molecule has 18 heavy (non-hydrogen) atoms. The molecule has 1 unspecified atom stereocenters. The molecule has 1 aromatic rings. The van der Waals surface area contributed by atoms with E-state index in [1.54, 1.807) is 0 Å². The van der Waals surface area contributed by atoms with Crippen molar-refractivity contribution < 1.29 is 9.90 Å². The van der Waals surface area contributed by atoms with Crippen LogP contribution in [-0.2, 0) is 11.2 Å². The minimum atomic E-state index is -0.308. The Morgan fingerprint density at radius 3 is 2.94 bits per heavy atom. The van der Waals surface area contributed by atoms with Crippen molar-refractivity contribution in [3.8, 4) is 0 Å². The molecule has 0 fully saturated rings. The SMILES string of the molecule is NC(=O)CN(CCCO)C1CCc2ccccc21. The fraction of sp³-hybridized carbons (Fsp3) is 0.500. The van der Waals surface area contributed by atoms with Crippen LogP contribution in [-0.4, -0.2) is 35.6 Å². The molecule has 0 aromatic heterocycles. The smallest absolute Gasteiger partial charge is 0.231 e. The van der Waals surface area contributed by atoms with E-state index in [2.05, 4.69) is 17.0 Å². The second-order valence-electron chi connectivity index (χ2n) is 4.77. The lowest BCUT2D eigenvalue weighted by molar-refractivity contribution is -0.119. The van der Waals surface area contributed by atoms with Crippen molar-refractivity contribution in [1.82, 2.24) is 4.90 Å². The molecular weight excluding hydrogens is 228 g/mol. The Bertz CT molecular complexity index is 420. The first-order valence-electron chi connectivity index (χ1n) is 6.43. The van der Waals surface area contributed by atoms with Crippen LogP contribution in [0, 0.1) is 0 Å². The zero-order chi connectivity index (χ0) is 13.0. The molecule has 1 aliphatic carbocycles. The highest BCUT2D eigenvalue weighted by Gasteiger charge is 2.27. The number of aliphatic hydroxyl groups excluding tert-OH is 1. The molecule has 0 radical (unpaired) electrons. The maximum Gasteiger partial charge on any atom is 0.231 e. The zero-order valence-electron chi connectivity index (χ0n) is 10.5. The Morgan fingerprint density at radius 1 is 1.44 bits per heavy atom. The van der Waals surface area contributed by atoms with Crippen LogP contribution in [0.2, 0.25) is 0 Å². The molecule has 0 heterocycles. The Balaban J connectivity index is 2.14. The van der Waals surface area contributed by atoms with E-state index in [-0.39, 0.29) is 25.1 Å². The molecule has 1 amide bonds. The number of primary amides is 1. The summed E-state index contributed by atoms with van der Waals surface area (Å²) in [6.07, 6.45) is 2.75. The van der Waals surface area contributed by atoms with Gasteiger partial charge in [-0.15, -0.1) is 0 Å². The van der Waals surface area contributed by atoms with Gasteiger partial charge in [-0.1, -0.05) is 24.3 Å². The summed E-state index contributed by atoms with van der Waals surface area (Å²) in [5.41, 5.74) is 7.97. The van der Waals surface area contributed by atoms with Crippen molar-refractivity contribution in [3.05, 3.63) is 35.4 Å². The number of carbonyl (C=O) groups excluding carboxylic acids is 1. The van der Waals surface area contributed by atoms with Gasteiger partial charge < -0.3 is 10.8 Å². The molecule has 0 saturated carbocycles. The van der Waals surface area contributed by atoms with Gasteiger partial charge in [-0.05, 0) is 30.4 Å². The Hall–Kier alpha value is -1.39. The third kappa shape index (κ3) is 2.89. The first-order chi connectivity index (χ1) is 8.72. The van der Waals surface area contributed by atoms with Gasteiger partial charge in [0.15, 0.2) is 0 Å². The van der Waals surface area contributed by atoms with Crippen molar-refractivity contribution in [1.29, 1.82) is 0 Å². The Morgan fingerprint density at radius 2 is 2.22 bits per heavy atom. The maximum atomic E-state index is 11.2. The average molecular weight is 248 g/mol. The monoisotopic (exact) mass is 248 g/mol. The quantitative estimate of drug-likeness (QED) is 0.784. The number of benzene rings is 1. The molecule has 1 aliphatic rings. The summed E-state index contributed by atoms with van der Waals surface area (Å²) >= 11 is 0. The molecule has 0 aliphatic heterocycles. The summed E-state index contributed by atoms with van der Waals surface area (Å²) in [7, 11) is 0. The highest BCUT2D eigenvalue weighted by Crippen LogP contribution is 2.35. The number of amides is 1. The largest absolute Gasteiger partial charge is 0.396 e. The lowest BCUT2D eigenvalue weighted by Crippen LogP contribution is -2.37. The van der Waals surface area contributed by atoms with Gasteiger partial charge >= 0.3 is 0 Å². The molecule has 0 bridgehead atoms. The van der Waals surface area contributed by atoms with E-state index in [0.29, 0.717) is 13.0 Å². The van der Waals surface area contributed by atoms with Gasteiger partial charge in [0.25, 0.3) is 0 Å². The normalized spacial score (nSPS) is 18.0. The fourth-order valence-corrected chi connectivity index (χ4v) is 2.73. The molecule has 4 heteroatoms. The van der Waals surface area contributed by atoms with E-state index < -0.39 is 0 Å². The topological polar surface area (TPSA) is 66.6 Å². The van der Waals surface area contributed by atoms with Crippen LogP contribution in [0.25, 0.3) is 0 Å². The summed E-state index contributed by atoms with van der Waals surface area (Å²) in [6, 6.07) is 8.61. The molecule has 3 N–H and O–H groups in total. The van der Waals surface area contributed by atoms with Crippen molar-refractivity contribution in [2.24, 2.45) is 5.73 Å². The van der Waals surface area contributed by atoms with Crippen LogP contribution in [0.4, 0.5) is 0 Å². The predicted molar refractivity (Wildman–Crippen MR) is 70.0 cm³/mol. The number of hydrogen-bond acceptors (Lipinski definition) is 3. The molecule has 4 nitrogen and oxygen atoms in total. The minimum absolute atomic E-state index is 0.142. The summed E-state index contributed by atoms with van der Waals surface area (Å²) in [5, 5.41) is 8.94. The first kappa shape index (κ1) is 13.1. The van der Waals surface area contributed by atoms with Crippen molar-refractivity contribution in [2.75, 3.05) is 19.7 Å². The van der Waals surface area contributed by atoms with E-state index >= 15 is 0 Å². The van der Waals surface area contributed by atoms with Crippen LogP contribution >= 0.6 is 0 Å². The molecule has 0 saturated heterocycles. The summed E-state index contributed by atoms with van der Waals surface area (Å²) in [6.45, 7) is 1.11. The number of fused-ring (bicyclic) bond motifs is 1. The Labute approximate surface area is 107 Å². The standard InChI is InChI=1S/C14H20N2O2/c15-14(18)10-16(8-3-9-17)13-7-6-11-4-1-2-5-12(11)13/h1-2,4-5,13,17H,3,6-10H2,(H2,15,18). The van der Waals surface area contributed by atoms with Gasteiger partial charge in [0, 0.05) is 19.2 Å². The number of carbonyl (C=O) groups is 1. The van der Waals surface area contributed by atoms with Crippen LogP contribution in [0.5, 0.6) is 0 Å². The van der Waals surface area contributed by atoms with E-state index in [0.717, 1.165) is 12.8 Å². The number of nitrogens with zero attached hydrogens (tertiary/aromatic N) is 1. The summed E-state index contributed by atoms with van der Waals surface area (Å²) in [5.74, 6) is -0.308. The van der Waals surface area contributed by atoms with Crippen molar-refractivity contribution in [3.63, 3.8) is 0 Å². The van der Waals surface area contributed by atoms with Gasteiger partial charge in [-0.2, -0.15) is 0 Å².